The first-order chi connectivity index (χ1) is 27.5. The first-order valence-corrected chi connectivity index (χ1v) is 22.2. The van der Waals surface area contributed by atoms with Crippen LogP contribution in [0.3, 0.4) is 0 Å². The van der Waals surface area contributed by atoms with Crippen molar-refractivity contribution in [1.29, 1.82) is 5.26 Å². The maximum Gasteiger partial charge on any atom is 0.309 e. The third-order valence-electron chi connectivity index (χ3n) is 17.3. The first kappa shape index (κ1) is 43.1. The Balaban J connectivity index is 1.27. The lowest BCUT2D eigenvalue weighted by Gasteiger charge is -2.72. The third-order valence-corrected chi connectivity index (χ3v) is 17.3. The number of carbonyl (C=O) groups excluding carboxylic acids is 2. The number of rotatable bonds is 10. The minimum atomic E-state index is -1.18. The van der Waals surface area contributed by atoms with Gasteiger partial charge in [-0.25, -0.2) is 4.68 Å². The molecule has 0 amide bonds. The number of hydrogen-bond acceptors (Lipinski definition) is 7. The number of hydrogen-bond donors (Lipinski definition) is 1. The second kappa shape index (κ2) is 14.6. The molecule has 0 radical (unpaired) electrons. The Hall–Kier alpha value is -3.97. The molecule has 10 heteroatoms. The lowest BCUT2D eigenvalue weighted by molar-refractivity contribution is -0.232. The fraction of sp³-hybridized carbons (Fsp3) is 0.694. The van der Waals surface area contributed by atoms with Crippen LogP contribution in [0.25, 0.3) is 5.69 Å². The highest BCUT2D eigenvalue weighted by molar-refractivity contribution is 6.01. The maximum absolute atomic E-state index is 14.6. The Morgan fingerprint density at radius 1 is 0.949 bits per heavy atom. The Labute approximate surface area is 351 Å². The number of ketones is 1. The number of allylic oxidation sites excluding steroid dienone is 2. The number of aliphatic carboxylic acids is 1. The van der Waals surface area contributed by atoms with E-state index in [1.807, 2.05) is 32.3 Å². The molecule has 1 aromatic heterocycles. The molecule has 5 aliphatic carbocycles. The van der Waals surface area contributed by atoms with Gasteiger partial charge in [0.2, 0.25) is 0 Å². The molecular weight excluding hydrogens is 741 g/mol. The van der Waals surface area contributed by atoms with E-state index in [-0.39, 0.29) is 57.4 Å². The lowest BCUT2D eigenvalue weighted by atomic mass is 9.33. The van der Waals surface area contributed by atoms with E-state index in [2.05, 4.69) is 64.1 Å². The van der Waals surface area contributed by atoms with E-state index in [0.29, 0.717) is 36.1 Å². The van der Waals surface area contributed by atoms with Crippen molar-refractivity contribution < 1.29 is 24.2 Å². The van der Waals surface area contributed by atoms with Crippen molar-refractivity contribution >= 4 is 17.7 Å². The number of carbonyl (C=O) groups is 3. The molecule has 7 unspecified atom stereocenters. The molecule has 1 heterocycles. The summed E-state index contributed by atoms with van der Waals surface area (Å²) in [5.74, 6) is -0.178. The highest BCUT2D eigenvalue weighted by Crippen LogP contribution is 2.77. The summed E-state index contributed by atoms with van der Waals surface area (Å²) in [6.45, 7) is 20.9. The van der Waals surface area contributed by atoms with Crippen LogP contribution < -0.4 is 5.56 Å². The number of Topliss-reactive ketones (excluding diaryl/α,β-unsaturated/α-hetero) is 1. The highest BCUT2D eigenvalue weighted by atomic mass is 16.5. The van der Waals surface area contributed by atoms with Gasteiger partial charge in [0.1, 0.15) is 6.10 Å². The van der Waals surface area contributed by atoms with Crippen molar-refractivity contribution in [3.63, 3.8) is 0 Å². The summed E-state index contributed by atoms with van der Waals surface area (Å²) in [6, 6.07) is 11.2. The van der Waals surface area contributed by atoms with Gasteiger partial charge in [0.05, 0.1) is 41.4 Å². The number of likely N-dealkylation sites (N-methyl/N-ethyl adjacent to an activating group) is 1. The molecule has 2 aromatic rings. The molecule has 0 aliphatic heterocycles. The Bertz CT molecular complexity index is 2170. The Morgan fingerprint density at radius 2 is 1.63 bits per heavy atom. The van der Waals surface area contributed by atoms with E-state index in [1.54, 1.807) is 30.7 Å². The number of carboxylic acid groups (broad SMARTS) is 1. The van der Waals surface area contributed by atoms with Crippen LogP contribution in [0, 0.1) is 62.1 Å². The quantitative estimate of drug-likeness (QED) is 0.236. The van der Waals surface area contributed by atoms with E-state index in [4.69, 9.17) is 4.74 Å². The van der Waals surface area contributed by atoms with Gasteiger partial charge in [0.25, 0.3) is 5.56 Å². The topological polar surface area (TPSA) is 135 Å². The molecule has 320 valence electrons. The van der Waals surface area contributed by atoms with E-state index < -0.39 is 22.8 Å². The van der Waals surface area contributed by atoms with Gasteiger partial charge in [-0.15, -0.1) is 0 Å². The fourth-order valence-corrected chi connectivity index (χ4v) is 14.1. The van der Waals surface area contributed by atoms with Gasteiger partial charge >= 0.3 is 11.9 Å². The summed E-state index contributed by atoms with van der Waals surface area (Å²) in [5, 5.41) is 19.2. The standard InChI is InChI=1S/C49H68N4O6/c1-30(2)41-34(54)27-49(37-26-39(55)53(52(37)25-24-51(10)11)32-14-12-31(29-50)13-15-32)23-22-47(8)33(42(41)49)16-17-36-46(7)20-19-38(59-40(56)28-44(3,4)43(57)58)45(5,6)35(46)18-21-48(36,47)9/h12-15,26,30,33,35-36,38H,16-25,27-28H2,1-11H3,(H,57,58)/t33?,35?,36?,38?,46?,47-,48?,49?/m1/s1. The van der Waals surface area contributed by atoms with Gasteiger partial charge in [-0.05, 0) is 155 Å². The van der Waals surface area contributed by atoms with Crippen molar-refractivity contribution in [3.8, 4) is 11.8 Å². The molecule has 10 nitrogen and oxygen atoms in total. The minimum Gasteiger partial charge on any atom is -0.481 e. The molecule has 59 heavy (non-hydrogen) atoms. The molecule has 0 bridgehead atoms. The van der Waals surface area contributed by atoms with Crippen LogP contribution in [0.1, 0.15) is 138 Å². The largest absolute Gasteiger partial charge is 0.481 e. The number of carboxylic acids is 1. The van der Waals surface area contributed by atoms with Crippen LogP contribution in [0.5, 0.6) is 0 Å². The van der Waals surface area contributed by atoms with E-state index in [0.717, 1.165) is 69.2 Å². The summed E-state index contributed by atoms with van der Waals surface area (Å²) >= 11 is 0. The summed E-state index contributed by atoms with van der Waals surface area (Å²) in [5.41, 5.74) is 2.26. The monoisotopic (exact) mass is 809 g/mol. The average molecular weight is 809 g/mol. The van der Waals surface area contributed by atoms with Gasteiger partial charge in [-0.3, -0.25) is 23.9 Å². The van der Waals surface area contributed by atoms with Crippen molar-refractivity contribution in [1.82, 2.24) is 14.3 Å². The molecule has 1 aromatic carbocycles. The molecule has 7 rings (SSSR count). The zero-order valence-corrected chi connectivity index (χ0v) is 37.5. The van der Waals surface area contributed by atoms with Crippen molar-refractivity contribution in [2.75, 3.05) is 20.6 Å². The summed E-state index contributed by atoms with van der Waals surface area (Å²) < 4.78 is 10.1. The molecule has 0 spiro atoms. The van der Waals surface area contributed by atoms with Crippen LogP contribution in [0.2, 0.25) is 0 Å². The van der Waals surface area contributed by atoms with Gasteiger partial charge < -0.3 is 14.7 Å². The predicted molar refractivity (Wildman–Crippen MR) is 228 cm³/mol. The van der Waals surface area contributed by atoms with E-state index in [9.17, 15) is 29.5 Å². The number of nitriles is 1. The summed E-state index contributed by atoms with van der Waals surface area (Å²) in [7, 11) is 4.08. The number of fused-ring (bicyclic) bond motifs is 7. The predicted octanol–water partition coefficient (Wildman–Crippen LogP) is 8.72. The normalized spacial score (nSPS) is 33.9. The maximum atomic E-state index is 14.6. The van der Waals surface area contributed by atoms with Crippen LogP contribution in [-0.2, 0) is 31.1 Å². The minimum absolute atomic E-state index is 0.00182. The number of aromatic nitrogens is 2. The smallest absolute Gasteiger partial charge is 0.309 e. The molecular formula is C49H68N4O6. The van der Waals surface area contributed by atoms with Crippen molar-refractivity contribution in [2.45, 2.75) is 145 Å². The summed E-state index contributed by atoms with van der Waals surface area (Å²) in [4.78, 5) is 56.0. The number of nitrogens with zero attached hydrogens (tertiary/aromatic N) is 4. The lowest BCUT2D eigenvalue weighted by Crippen LogP contribution is -2.66. The molecule has 5 aliphatic rings. The van der Waals surface area contributed by atoms with Crippen molar-refractivity contribution in [3.05, 3.63) is 63.1 Å². The summed E-state index contributed by atoms with van der Waals surface area (Å²) in [6.07, 6.45) is 7.54. The highest BCUT2D eigenvalue weighted by Gasteiger charge is 2.70. The SMILES string of the molecule is CC(C)C1=C2C3CCC4C5(C)CCC(OC(=O)CC(C)(C)C(=O)O)C(C)(C)C5CCC4(C)[C@]3(C)CCC2(c2cc(=O)n(-c3ccc(C#N)cc3)n2CCN(C)C)CC1=O. The van der Waals surface area contributed by atoms with Gasteiger partial charge in [-0.1, -0.05) is 48.5 Å². The second-order valence-corrected chi connectivity index (χ2v) is 21.7. The van der Waals surface area contributed by atoms with Crippen LogP contribution in [0.15, 0.2) is 46.3 Å². The van der Waals surface area contributed by atoms with Crippen LogP contribution in [-0.4, -0.2) is 63.8 Å². The van der Waals surface area contributed by atoms with E-state index in [1.165, 1.54) is 5.57 Å². The molecule has 4 fully saturated rings. The molecule has 4 saturated carbocycles. The Kier molecular flexibility index (Phi) is 10.7. The number of esters is 1. The zero-order valence-electron chi connectivity index (χ0n) is 37.5. The number of ether oxygens (including phenoxy) is 1. The first-order valence-electron chi connectivity index (χ1n) is 22.2. The fourth-order valence-electron chi connectivity index (χ4n) is 14.1. The zero-order chi connectivity index (χ0) is 43.2. The van der Waals surface area contributed by atoms with Crippen LogP contribution in [0.4, 0.5) is 0 Å². The molecule has 1 N–H and O–H groups in total. The average Bonchev–Trinajstić information content (AvgIpc) is 3.65. The third kappa shape index (κ3) is 6.50. The Morgan fingerprint density at radius 3 is 2.24 bits per heavy atom. The second-order valence-electron chi connectivity index (χ2n) is 21.7. The van der Waals surface area contributed by atoms with Gasteiger partial charge in [-0.2, -0.15) is 5.26 Å². The van der Waals surface area contributed by atoms with E-state index >= 15 is 0 Å². The number of benzene rings is 1. The molecule has 0 saturated heterocycles. The van der Waals surface area contributed by atoms with Crippen molar-refractivity contribution in [2.24, 2.45) is 50.7 Å². The van der Waals surface area contributed by atoms with Crippen LogP contribution >= 0.6 is 0 Å². The van der Waals surface area contributed by atoms with Gasteiger partial charge in [0, 0.05) is 29.9 Å². The molecule has 8 atom stereocenters. The van der Waals surface area contributed by atoms with Gasteiger partial charge in [0.15, 0.2) is 5.78 Å².